The lowest BCUT2D eigenvalue weighted by molar-refractivity contribution is 0.181. The largest absolute Gasteiger partial charge is 0.378 e. The zero-order valence-electron chi connectivity index (χ0n) is 8.74. The number of H-pyrrole nitrogens is 1. The van der Waals surface area contributed by atoms with Gasteiger partial charge >= 0.3 is 0 Å². The van der Waals surface area contributed by atoms with E-state index in [1.807, 2.05) is 0 Å². The van der Waals surface area contributed by atoms with Crippen molar-refractivity contribution in [1.29, 1.82) is 0 Å². The fourth-order valence-corrected chi connectivity index (χ4v) is 1.46. The molecule has 0 amide bonds. The molecule has 5 heteroatoms. The molecule has 1 heterocycles. The van der Waals surface area contributed by atoms with Crippen LogP contribution in [0.1, 0.15) is 5.69 Å². The van der Waals surface area contributed by atoms with Crippen molar-refractivity contribution in [3.8, 4) is 5.69 Å². The Kier molecular flexibility index (Phi) is 2.87. The predicted molar refractivity (Wildman–Crippen MR) is 57.1 cm³/mol. The summed E-state index contributed by atoms with van der Waals surface area (Å²) >= 11 is 0. The van der Waals surface area contributed by atoms with Gasteiger partial charge in [-0.25, -0.2) is 9.07 Å². The van der Waals surface area contributed by atoms with Gasteiger partial charge < -0.3 is 4.74 Å². The standard InChI is InChI=1S/C11H11FN2O2/c1-16-7-9-6-11(15)14(13-9)10-4-2-8(12)3-5-10/h2-6,13H,7H2,1H3. The van der Waals surface area contributed by atoms with Gasteiger partial charge in [0.2, 0.25) is 0 Å². The molecule has 0 saturated carbocycles. The average molecular weight is 222 g/mol. The van der Waals surface area contributed by atoms with Crippen molar-refractivity contribution in [1.82, 2.24) is 9.78 Å². The van der Waals surface area contributed by atoms with Gasteiger partial charge in [0.15, 0.2) is 0 Å². The van der Waals surface area contributed by atoms with E-state index in [0.717, 1.165) is 0 Å². The summed E-state index contributed by atoms with van der Waals surface area (Å²) in [5.41, 5.74) is 1.07. The van der Waals surface area contributed by atoms with E-state index in [9.17, 15) is 9.18 Å². The van der Waals surface area contributed by atoms with Crippen molar-refractivity contribution in [2.45, 2.75) is 6.61 Å². The summed E-state index contributed by atoms with van der Waals surface area (Å²) in [6.07, 6.45) is 0. The summed E-state index contributed by atoms with van der Waals surface area (Å²) in [6.45, 7) is 0.337. The maximum atomic E-state index is 12.7. The second-order valence-electron chi connectivity index (χ2n) is 3.36. The summed E-state index contributed by atoms with van der Waals surface area (Å²) in [4.78, 5) is 11.6. The summed E-state index contributed by atoms with van der Waals surface area (Å²) in [5, 5.41) is 2.87. The maximum Gasteiger partial charge on any atom is 0.271 e. The zero-order valence-corrected chi connectivity index (χ0v) is 8.74. The number of hydrogen-bond acceptors (Lipinski definition) is 2. The molecule has 1 N–H and O–H groups in total. The minimum atomic E-state index is -0.333. The number of halogens is 1. The van der Waals surface area contributed by atoms with Crippen LogP contribution in [0.15, 0.2) is 35.1 Å². The number of aromatic amines is 1. The molecular weight excluding hydrogens is 211 g/mol. The number of nitrogens with one attached hydrogen (secondary N) is 1. The van der Waals surface area contributed by atoms with Gasteiger partial charge in [0.25, 0.3) is 5.56 Å². The Morgan fingerprint density at radius 1 is 1.38 bits per heavy atom. The van der Waals surface area contributed by atoms with E-state index in [0.29, 0.717) is 18.0 Å². The zero-order chi connectivity index (χ0) is 11.5. The van der Waals surface area contributed by atoms with Crippen LogP contribution in [0.3, 0.4) is 0 Å². The van der Waals surface area contributed by atoms with Crippen molar-refractivity contribution in [3.63, 3.8) is 0 Å². The maximum absolute atomic E-state index is 12.7. The van der Waals surface area contributed by atoms with Crippen LogP contribution in [0.25, 0.3) is 5.69 Å². The Hall–Kier alpha value is -1.88. The minimum Gasteiger partial charge on any atom is -0.378 e. The minimum absolute atomic E-state index is 0.196. The first kappa shape index (κ1) is 10.6. The van der Waals surface area contributed by atoms with E-state index >= 15 is 0 Å². The molecule has 16 heavy (non-hydrogen) atoms. The fourth-order valence-electron chi connectivity index (χ4n) is 1.46. The van der Waals surface area contributed by atoms with E-state index in [1.165, 1.54) is 35.0 Å². The van der Waals surface area contributed by atoms with E-state index in [1.54, 1.807) is 7.11 Å². The molecule has 0 radical (unpaired) electrons. The molecule has 0 fully saturated rings. The van der Waals surface area contributed by atoms with Crippen LogP contribution in [-0.4, -0.2) is 16.9 Å². The molecule has 0 atom stereocenters. The van der Waals surface area contributed by atoms with Gasteiger partial charge in [0.1, 0.15) is 5.82 Å². The number of benzene rings is 1. The third-order valence-electron chi connectivity index (χ3n) is 2.16. The summed E-state index contributed by atoms with van der Waals surface area (Å²) in [5.74, 6) is -0.333. The normalized spacial score (nSPS) is 10.6. The van der Waals surface area contributed by atoms with Crippen LogP contribution in [0, 0.1) is 5.82 Å². The first-order valence-corrected chi connectivity index (χ1v) is 4.76. The Labute approximate surface area is 91.3 Å². The lowest BCUT2D eigenvalue weighted by atomic mass is 10.3. The number of aromatic nitrogens is 2. The highest BCUT2D eigenvalue weighted by Gasteiger charge is 2.04. The van der Waals surface area contributed by atoms with Crippen LogP contribution >= 0.6 is 0 Å². The number of nitrogens with zero attached hydrogens (tertiary/aromatic N) is 1. The molecule has 0 unspecified atom stereocenters. The molecule has 0 spiro atoms. The quantitative estimate of drug-likeness (QED) is 0.854. The van der Waals surface area contributed by atoms with Gasteiger partial charge in [-0.15, -0.1) is 0 Å². The Bertz CT molecular complexity index is 528. The van der Waals surface area contributed by atoms with Crippen molar-refractivity contribution in [2.75, 3.05) is 7.11 Å². The molecule has 1 aromatic heterocycles. The molecular formula is C11H11FN2O2. The summed E-state index contributed by atoms with van der Waals surface area (Å²) < 4.78 is 19.0. The van der Waals surface area contributed by atoms with Crippen molar-refractivity contribution < 1.29 is 9.13 Å². The summed E-state index contributed by atoms with van der Waals surface area (Å²) in [6, 6.07) is 7.12. The predicted octanol–water partition coefficient (Wildman–Crippen LogP) is 1.45. The molecule has 1 aromatic carbocycles. The molecule has 0 aliphatic heterocycles. The SMILES string of the molecule is COCc1cc(=O)n(-c2ccc(F)cc2)[nH]1. The van der Waals surface area contributed by atoms with Gasteiger partial charge in [0, 0.05) is 13.2 Å². The molecule has 84 valence electrons. The lowest BCUT2D eigenvalue weighted by Crippen LogP contribution is -2.13. The second kappa shape index (κ2) is 4.32. The van der Waals surface area contributed by atoms with Crippen molar-refractivity contribution >= 4 is 0 Å². The number of hydrogen-bond donors (Lipinski definition) is 1. The molecule has 0 saturated heterocycles. The van der Waals surface area contributed by atoms with Crippen molar-refractivity contribution in [3.05, 3.63) is 52.2 Å². The highest BCUT2D eigenvalue weighted by molar-refractivity contribution is 5.31. The van der Waals surface area contributed by atoms with Gasteiger partial charge in [-0.05, 0) is 24.3 Å². The number of rotatable bonds is 3. The molecule has 0 aliphatic carbocycles. The van der Waals surface area contributed by atoms with E-state index in [4.69, 9.17) is 4.74 Å². The van der Waals surface area contributed by atoms with Gasteiger partial charge in [-0.2, -0.15) is 0 Å². The molecule has 2 aromatic rings. The highest BCUT2D eigenvalue weighted by Crippen LogP contribution is 2.06. The highest BCUT2D eigenvalue weighted by atomic mass is 19.1. The topological polar surface area (TPSA) is 47.0 Å². The van der Waals surface area contributed by atoms with E-state index in [2.05, 4.69) is 5.10 Å². The number of methoxy groups -OCH3 is 1. The second-order valence-corrected chi connectivity index (χ2v) is 3.36. The first-order chi connectivity index (χ1) is 7.70. The Balaban J connectivity index is 2.40. The molecule has 4 nitrogen and oxygen atoms in total. The Morgan fingerprint density at radius 3 is 2.69 bits per heavy atom. The van der Waals surface area contributed by atoms with Crippen LogP contribution < -0.4 is 5.56 Å². The number of ether oxygens (including phenoxy) is 1. The van der Waals surface area contributed by atoms with Crippen LogP contribution in [0.5, 0.6) is 0 Å². The van der Waals surface area contributed by atoms with E-state index in [-0.39, 0.29) is 11.4 Å². The Morgan fingerprint density at radius 2 is 2.06 bits per heavy atom. The molecule has 0 bridgehead atoms. The van der Waals surface area contributed by atoms with Crippen LogP contribution in [0.2, 0.25) is 0 Å². The van der Waals surface area contributed by atoms with Crippen molar-refractivity contribution in [2.24, 2.45) is 0 Å². The van der Waals surface area contributed by atoms with Gasteiger partial charge in [-0.1, -0.05) is 0 Å². The van der Waals surface area contributed by atoms with Gasteiger partial charge in [0.05, 0.1) is 18.0 Å². The van der Waals surface area contributed by atoms with Crippen LogP contribution in [-0.2, 0) is 11.3 Å². The monoisotopic (exact) mass is 222 g/mol. The smallest absolute Gasteiger partial charge is 0.271 e. The average Bonchev–Trinajstić information content (AvgIpc) is 2.61. The molecule has 0 aliphatic rings. The first-order valence-electron chi connectivity index (χ1n) is 4.76. The summed E-state index contributed by atoms with van der Waals surface area (Å²) in [7, 11) is 1.55. The molecule has 2 rings (SSSR count). The third-order valence-corrected chi connectivity index (χ3v) is 2.16. The third kappa shape index (κ3) is 2.04. The van der Waals surface area contributed by atoms with E-state index < -0.39 is 0 Å². The fraction of sp³-hybridized carbons (Fsp3) is 0.182. The lowest BCUT2D eigenvalue weighted by Gasteiger charge is -2.01. The van der Waals surface area contributed by atoms with Crippen LogP contribution in [0.4, 0.5) is 4.39 Å². The van der Waals surface area contributed by atoms with Gasteiger partial charge in [-0.3, -0.25) is 9.89 Å².